The second kappa shape index (κ2) is 4.15. The third-order valence-corrected chi connectivity index (χ3v) is 2.04. The van der Waals surface area contributed by atoms with Crippen LogP contribution >= 0.6 is 0 Å². The quantitative estimate of drug-likeness (QED) is 0.586. The van der Waals surface area contributed by atoms with Crippen LogP contribution in [-0.4, -0.2) is 11.3 Å². The Hall–Kier alpha value is -1.53. The van der Waals surface area contributed by atoms with Crippen LogP contribution in [0.2, 0.25) is 0 Å². The molecule has 0 amide bonds. The summed E-state index contributed by atoms with van der Waals surface area (Å²) in [5.41, 5.74) is -3.35. The zero-order valence-electron chi connectivity index (χ0n) is 7.98. The van der Waals surface area contributed by atoms with Gasteiger partial charge in [0, 0.05) is 11.8 Å². The van der Waals surface area contributed by atoms with Crippen LogP contribution in [0.1, 0.15) is 33.6 Å². The Balaban J connectivity index is 3.47. The van der Waals surface area contributed by atoms with Gasteiger partial charge in [-0.15, -0.1) is 0 Å². The van der Waals surface area contributed by atoms with Gasteiger partial charge in [0.15, 0.2) is 6.29 Å². The number of halogens is 5. The lowest BCUT2D eigenvalue weighted by Crippen LogP contribution is -2.13. The van der Waals surface area contributed by atoms with Gasteiger partial charge in [0.25, 0.3) is 6.43 Å². The summed E-state index contributed by atoms with van der Waals surface area (Å²) < 4.78 is 61.7. The zero-order chi connectivity index (χ0) is 12.5. The SMILES string of the molecule is Cc1c(C(F)F)ncc(C(F)(F)F)c1C=O. The molecule has 0 atom stereocenters. The Morgan fingerprint density at radius 1 is 1.38 bits per heavy atom. The Morgan fingerprint density at radius 2 is 1.94 bits per heavy atom. The van der Waals surface area contributed by atoms with Crippen LogP contribution in [0.25, 0.3) is 0 Å². The second-order valence-electron chi connectivity index (χ2n) is 3.01. The molecule has 1 heterocycles. The number of alkyl halides is 5. The Bertz CT molecular complexity index is 413. The molecule has 0 aliphatic carbocycles. The van der Waals surface area contributed by atoms with Crippen molar-refractivity contribution in [3.63, 3.8) is 0 Å². The summed E-state index contributed by atoms with van der Waals surface area (Å²) in [5, 5.41) is 0. The van der Waals surface area contributed by atoms with Crippen LogP contribution in [0, 0.1) is 6.92 Å². The fourth-order valence-corrected chi connectivity index (χ4v) is 1.24. The van der Waals surface area contributed by atoms with Gasteiger partial charge in [0.2, 0.25) is 0 Å². The molecule has 1 aromatic heterocycles. The number of carbonyl (C=O) groups excluding carboxylic acids is 1. The summed E-state index contributed by atoms with van der Waals surface area (Å²) in [6.07, 6.45) is -7.64. The number of nitrogens with zero attached hydrogens (tertiary/aromatic N) is 1. The standard InChI is InChI=1S/C9H6F5NO/c1-4-5(3-16)6(9(12,13)14)2-15-7(4)8(10)11/h2-3,8H,1H3. The minimum absolute atomic E-state index is 0.0916. The zero-order valence-corrected chi connectivity index (χ0v) is 7.98. The maximum absolute atomic E-state index is 12.4. The first kappa shape index (κ1) is 12.5. The number of pyridine rings is 1. The Labute approximate surface area is 87.1 Å². The molecular weight excluding hydrogens is 233 g/mol. The van der Waals surface area contributed by atoms with Crippen molar-refractivity contribution in [1.29, 1.82) is 0 Å². The van der Waals surface area contributed by atoms with Crippen molar-refractivity contribution in [1.82, 2.24) is 4.98 Å². The molecule has 0 saturated heterocycles. The van der Waals surface area contributed by atoms with E-state index in [-0.39, 0.29) is 12.5 Å². The van der Waals surface area contributed by atoms with Gasteiger partial charge < -0.3 is 0 Å². The number of hydrogen-bond acceptors (Lipinski definition) is 2. The molecule has 1 rings (SSSR count). The van der Waals surface area contributed by atoms with E-state index in [1.807, 2.05) is 0 Å². The van der Waals surface area contributed by atoms with Crippen molar-refractivity contribution in [3.05, 3.63) is 28.6 Å². The molecule has 7 heteroatoms. The molecule has 0 N–H and O–H groups in total. The van der Waals surface area contributed by atoms with Gasteiger partial charge in [0.1, 0.15) is 5.69 Å². The van der Waals surface area contributed by atoms with E-state index >= 15 is 0 Å². The molecule has 88 valence electrons. The van der Waals surface area contributed by atoms with E-state index in [9.17, 15) is 26.7 Å². The first-order chi connectivity index (χ1) is 7.29. The summed E-state index contributed by atoms with van der Waals surface area (Å²) in [6, 6.07) is 0. The molecule has 2 nitrogen and oxygen atoms in total. The topological polar surface area (TPSA) is 30.0 Å². The highest BCUT2D eigenvalue weighted by Crippen LogP contribution is 2.34. The normalized spacial score (nSPS) is 11.9. The maximum Gasteiger partial charge on any atom is 0.418 e. The molecule has 0 unspecified atom stereocenters. The largest absolute Gasteiger partial charge is 0.418 e. The van der Waals surface area contributed by atoms with E-state index in [2.05, 4.69) is 4.98 Å². The van der Waals surface area contributed by atoms with E-state index < -0.39 is 35.0 Å². The third-order valence-electron chi connectivity index (χ3n) is 2.04. The average Bonchev–Trinajstić information content (AvgIpc) is 2.15. The highest BCUT2D eigenvalue weighted by atomic mass is 19.4. The highest BCUT2D eigenvalue weighted by molar-refractivity contribution is 5.80. The lowest BCUT2D eigenvalue weighted by Gasteiger charge is -2.13. The van der Waals surface area contributed by atoms with Crippen LogP contribution in [0.15, 0.2) is 6.20 Å². The van der Waals surface area contributed by atoms with Crippen molar-refractivity contribution in [2.75, 3.05) is 0 Å². The van der Waals surface area contributed by atoms with E-state index in [1.165, 1.54) is 0 Å². The fraction of sp³-hybridized carbons (Fsp3) is 0.333. The number of rotatable bonds is 2. The number of carbonyl (C=O) groups is 1. The molecule has 0 spiro atoms. The summed E-state index contributed by atoms with van der Waals surface area (Å²) in [4.78, 5) is 13.5. The van der Waals surface area contributed by atoms with Crippen molar-refractivity contribution in [3.8, 4) is 0 Å². The Morgan fingerprint density at radius 3 is 2.31 bits per heavy atom. The van der Waals surface area contributed by atoms with Crippen LogP contribution < -0.4 is 0 Å². The smallest absolute Gasteiger partial charge is 0.298 e. The monoisotopic (exact) mass is 239 g/mol. The van der Waals surface area contributed by atoms with E-state index in [1.54, 1.807) is 0 Å². The first-order valence-corrected chi connectivity index (χ1v) is 4.09. The van der Waals surface area contributed by atoms with Gasteiger partial charge in [-0.2, -0.15) is 13.2 Å². The molecule has 0 fully saturated rings. The van der Waals surface area contributed by atoms with Gasteiger partial charge in [0.05, 0.1) is 5.56 Å². The molecule has 0 aliphatic rings. The van der Waals surface area contributed by atoms with Crippen molar-refractivity contribution < 1.29 is 26.7 Å². The minimum Gasteiger partial charge on any atom is -0.298 e. The second-order valence-corrected chi connectivity index (χ2v) is 3.01. The molecule has 0 radical (unpaired) electrons. The average molecular weight is 239 g/mol. The predicted octanol–water partition coefficient (Wildman–Crippen LogP) is 3.16. The maximum atomic E-state index is 12.4. The molecular formula is C9H6F5NO. The molecule has 0 saturated carbocycles. The summed E-state index contributed by atoms with van der Waals surface area (Å²) in [6.45, 7) is 1.01. The van der Waals surface area contributed by atoms with Crippen LogP contribution in [0.4, 0.5) is 22.0 Å². The van der Waals surface area contributed by atoms with Crippen molar-refractivity contribution in [2.45, 2.75) is 19.5 Å². The van der Waals surface area contributed by atoms with Crippen LogP contribution in [-0.2, 0) is 6.18 Å². The number of aromatic nitrogens is 1. The molecule has 0 aliphatic heterocycles. The number of aldehydes is 1. The van der Waals surface area contributed by atoms with Gasteiger partial charge in [-0.1, -0.05) is 0 Å². The van der Waals surface area contributed by atoms with Crippen LogP contribution in [0.3, 0.4) is 0 Å². The van der Waals surface area contributed by atoms with Gasteiger partial charge in [-0.3, -0.25) is 9.78 Å². The van der Waals surface area contributed by atoms with E-state index in [4.69, 9.17) is 0 Å². The fourth-order valence-electron chi connectivity index (χ4n) is 1.24. The van der Waals surface area contributed by atoms with Gasteiger partial charge in [-0.05, 0) is 12.5 Å². The third kappa shape index (κ3) is 2.17. The highest BCUT2D eigenvalue weighted by Gasteiger charge is 2.35. The molecule has 0 aromatic carbocycles. The number of hydrogen-bond donors (Lipinski definition) is 0. The van der Waals surface area contributed by atoms with Crippen molar-refractivity contribution >= 4 is 6.29 Å². The van der Waals surface area contributed by atoms with E-state index in [0.717, 1.165) is 6.92 Å². The molecule has 0 bridgehead atoms. The Kier molecular flexibility index (Phi) is 3.25. The summed E-state index contributed by atoms with van der Waals surface area (Å²) in [7, 11) is 0. The molecule has 1 aromatic rings. The molecule has 16 heavy (non-hydrogen) atoms. The van der Waals surface area contributed by atoms with E-state index in [0.29, 0.717) is 0 Å². The van der Waals surface area contributed by atoms with Crippen LogP contribution in [0.5, 0.6) is 0 Å². The lowest BCUT2D eigenvalue weighted by atomic mass is 10.0. The summed E-state index contributed by atoms with van der Waals surface area (Å²) in [5.74, 6) is 0. The lowest BCUT2D eigenvalue weighted by molar-refractivity contribution is -0.138. The summed E-state index contributed by atoms with van der Waals surface area (Å²) >= 11 is 0. The van der Waals surface area contributed by atoms with Crippen molar-refractivity contribution in [2.24, 2.45) is 0 Å². The first-order valence-electron chi connectivity index (χ1n) is 4.09. The van der Waals surface area contributed by atoms with Gasteiger partial charge in [-0.25, -0.2) is 8.78 Å². The minimum atomic E-state index is -4.78. The predicted molar refractivity (Wildman–Crippen MR) is 44.3 cm³/mol. The van der Waals surface area contributed by atoms with Gasteiger partial charge >= 0.3 is 6.18 Å².